The maximum absolute atomic E-state index is 12.0. The molecule has 0 spiro atoms. The molecule has 0 fully saturated rings. The van der Waals surface area contributed by atoms with E-state index in [2.05, 4.69) is 19.2 Å². The van der Waals surface area contributed by atoms with Crippen molar-refractivity contribution in [3.05, 3.63) is 0 Å². The molecule has 0 amide bonds. The summed E-state index contributed by atoms with van der Waals surface area (Å²) in [6.07, 6.45) is 18.4. The van der Waals surface area contributed by atoms with Crippen LogP contribution >= 0.6 is 0 Å². The molecule has 196 valence electrons. The average molecular weight is 470 g/mol. The van der Waals surface area contributed by atoms with Crippen molar-refractivity contribution in [3.63, 3.8) is 0 Å². The molecule has 5 nitrogen and oxygen atoms in total. The third kappa shape index (κ3) is 24.2. The summed E-state index contributed by atoms with van der Waals surface area (Å²) in [5, 5.41) is 23.2. The van der Waals surface area contributed by atoms with Gasteiger partial charge in [-0.2, -0.15) is 0 Å². The number of aliphatic hydroxyl groups is 2. The Morgan fingerprint density at radius 2 is 0.909 bits per heavy atom. The molecule has 0 heterocycles. The van der Waals surface area contributed by atoms with Crippen molar-refractivity contribution in [1.82, 2.24) is 5.32 Å². The Balaban J connectivity index is 3.52. The predicted molar refractivity (Wildman–Crippen MR) is 139 cm³/mol. The minimum absolute atomic E-state index is 0.175. The lowest BCUT2D eigenvalue weighted by molar-refractivity contribution is -0.119. The first kappa shape index (κ1) is 32.2. The molecule has 0 aliphatic heterocycles. The van der Waals surface area contributed by atoms with Gasteiger partial charge in [-0.25, -0.2) is 0 Å². The molecule has 3 N–H and O–H groups in total. The summed E-state index contributed by atoms with van der Waals surface area (Å²) in [5.41, 5.74) is 0. The second kappa shape index (κ2) is 24.3. The van der Waals surface area contributed by atoms with Crippen LogP contribution in [0.3, 0.4) is 0 Å². The minimum atomic E-state index is -0.359. The third-order valence-electron chi connectivity index (χ3n) is 6.46. The van der Waals surface area contributed by atoms with Crippen LogP contribution < -0.4 is 5.32 Å². The van der Waals surface area contributed by atoms with Gasteiger partial charge >= 0.3 is 0 Å². The van der Waals surface area contributed by atoms with E-state index in [1.54, 1.807) is 0 Å². The number of rotatable bonds is 26. The van der Waals surface area contributed by atoms with Gasteiger partial charge in [-0.1, -0.05) is 90.9 Å². The van der Waals surface area contributed by atoms with E-state index in [4.69, 9.17) is 0 Å². The highest BCUT2D eigenvalue weighted by molar-refractivity contribution is 5.79. The lowest BCUT2D eigenvalue weighted by atomic mass is 10.0. The fourth-order valence-electron chi connectivity index (χ4n) is 4.10. The van der Waals surface area contributed by atoms with E-state index in [0.29, 0.717) is 51.6 Å². The summed E-state index contributed by atoms with van der Waals surface area (Å²) in [6, 6.07) is 0. The van der Waals surface area contributed by atoms with Crippen molar-refractivity contribution in [3.8, 4) is 0 Å². The summed E-state index contributed by atoms with van der Waals surface area (Å²) < 4.78 is 0. The van der Waals surface area contributed by atoms with Crippen LogP contribution in [-0.4, -0.2) is 47.1 Å². The topological polar surface area (TPSA) is 86.6 Å². The molecule has 0 aromatic heterocycles. The lowest BCUT2D eigenvalue weighted by Gasteiger charge is -2.11. The lowest BCUT2D eigenvalue weighted by Crippen LogP contribution is -2.22. The highest BCUT2D eigenvalue weighted by atomic mass is 16.3. The van der Waals surface area contributed by atoms with Gasteiger partial charge in [0, 0.05) is 38.8 Å². The zero-order valence-electron chi connectivity index (χ0n) is 21.9. The van der Waals surface area contributed by atoms with Crippen LogP contribution in [0.2, 0.25) is 0 Å². The molecule has 0 aliphatic carbocycles. The predicted octanol–water partition coefficient (Wildman–Crippen LogP) is 6.28. The molecule has 2 unspecified atom stereocenters. The van der Waals surface area contributed by atoms with E-state index in [0.717, 1.165) is 25.7 Å². The van der Waals surface area contributed by atoms with Crippen molar-refractivity contribution in [2.24, 2.45) is 0 Å². The van der Waals surface area contributed by atoms with Gasteiger partial charge in [0.25, 0.3) is 0 Å². The van der Waals surface area contributed by atoms with Gasteiger partial charge in [-0.3, -0.25) is 9.59 Å². The van der Waals surface area contributed by atoms with Gasteiger partial charge in [0.2, 0.25) is 0 Å². The van der Waals surface area contributed by atoms with Crippen LogP contribution in [0.25, 0.3) is 0 Å². The van der Waals surface area contributed by atoms with Crippen LogP contribution in [0.1, 0.15) is 142 Å². The smallest absolute Gasteiger partial charge is 0.134 e. The summed E-state index contributed by atoms with van der Waals surface area (Å²) in [6.45, 7) is 5.59. The second-order valence-corrected chi connectivity index (χ2v) is 9.83. The molecular weight excluding hydrogens is 414 g/mol. The number of carbonyl (C=O) groups excluding carboxylic acids is 2. The van der Waals surface area contributed by atoms with Crippen molar-refractivity contribution >= 4 is 11.6 Å². The molecule has 2 atom stereocenters. The largest absolute Gasteiger partial charge is 0.393 e. The first-order chi connectivity index (χ1) is 16.0. The highest BCUT2D eigenvalue weighted by Gasteiger charge is 2.10. The molecule has 0 saturated carbocycles. The van der Waals surface area contributed by atoms with Gasteiger partial charge in [0.05, 0.1) is 12.2 Å². The molecule has 0 radical (unpaired) electrons. The fraction of sp³-hybridized carbons (Fsp3) is 0.929. The van der Waals surface area contributed by atoms with Crippen molar-refractivity contribution in [1.29, 1.82) is 0 Å². The number of hydrogen-bond donors (Lipinski definition) is 3. The molecule has 0 aromatic carbocycles. The van der Waals surface area contributed by atoms with E-state index < -0.39 is 0 Å². The molecular formula is C28H55NO4. The average Bonchev–Trinajstić information content (AvgIpc) is 2.80. The fourth-order valence-corrected chi connectivity index (χ4v) is 4.10. The van der Waals surface area contributed by atoms with Crippen LogP contribution in [0.5, 0.6) is 0 Å². The number of unbranched alkanes of at least 4 members (excludes halogenated alkanes) is 10. The van der Waals surface area contributed by atoms with Crippen LogP contribution in [0, 0.1) is 0 Å². The standard InChI is InChI=1S/C28H55NO4/c1-3-5-7-9-11-13-15-25(30)17-19-27(32)21-23-29-24-22-28(33)20-18-26(31)16-14-12-10-8-6-4-2/h25-26,29-31H,3-24H2,1-2H3. The highest BCUT2D eigenvalue weighted by Crippen LogP contribution is 2.13. The van der Waals surface area contributed by atoms with Gasteiger partial charge in [-0.15, -0.1) is 0 Å². The minimum Gasteiger partial charge on any atom is -0.393 e. The summed E-state index contributed by atoms with van der Waals surface area (Å²) in [7, 11) is 0. The van der Waals surface area contributed by atoms with E-state index in [1.165, 1.54) is 64.2 Å². The molecule has 0 saturated heterocycles. The first-order valence-corrected chi connectivity index (χ1v) is 14.1. The monoisotopic (exact) mass is 469 g/mol. The second-order valence-electron chi connectivity index (χ2n) is 9.83. The molecule has 0 rings (SSSR count). The molecule has 33 heavy (non-hydrogen) atoms. The zero-order chi connectivity index (χ0) is 24.6. The Bertz CT molecular complexity index is 415. The normalized spacial score (nSPS) is 13.2. The number of hydrogen-bond acceptors (Lipinski definition) is 5. The van der Waals surface area contributed by atoms with Crippen LogP contribution in [0.15, 0.2) is 0 Å². The van der Waals surface area contributed by atoms with Gasteiger partial charge in [-0.05, 0) is 25.7 Å². The Morgan fingerprint density at radius 1 is 0.545 bits per heavy atom. The van der Waals surface area contributed by atoms with Crippen molar-refractivity contribution in [2.45, 2.75) is 154 Å². The van der Waals surface area contributed by atoms with Gasteiger partial charge in [0.15, 0.2) is 0 Å². The summed E-state index contributed by atoms with van der Waals surface area (Å²) in [4.78, 5) is 24.0. The Hall–Kier alpha value is -0.780. The zero-order valence-corrected chi connectivity index (χ0v) is 21.9. The number of nitrogens with one attached hydrogen (secondary N) is 1. The van der Waals surface area contributed by atoms with E-state index >= 15 is 0 Å². The third-order valence-corrected chi connectivity index (χ3v) is 6.46. The van der Waals surface area contributed by atoms with E-state index in [-0.39, 0.29) is 23.8 Å². The first-order valence-electron chi connectivity index (χ1n) is 14.1. The number of Topliss-reactive ketones (excluding diaryl/α,β-unsaturated/α-hetero) is 2. The van der Waals surface area contributed by atoms with Gasteiger partial charge < -0.3 is 15.5 Å². The van der Waals surface area contributed by atoms with Crippen molar-refractivity contribution < 1.29 is 19.8 Å². The summed E-state index contributed by atoms with van der Waals surface area (Å²) >= 11 is 0. The van der Waals surface area contributed by atoms with Crippen LogP contribution in [-0.2, 0) is 9.59 Å². The Kier molecular flexibility index (Phi) is 23.8. The van der Waals surface area contributed by atoms with E-state index in [1.807, 2.05) is 0 Å². The molecule has 5 heteroatoms. The Labute approximate surface area is 204 Å². The van der Waals surface area contributed by atoms with Crippen LogP contribution in [0.4, 0.5) is 0 Å². The van der Waals surface area contributed by atoms with Gasteiger partial charge in [0.1, 0.15) is 11.6 Å². The Morgan fingerprint density at radius 3 is 1.30 bits per heavy atom. The summed E-state index contributed by atoms with van der Waals surface area (Å²) in [5.74, 6) is 0.349. The number of ketones is 2. The molecule has 0 aromatic rings. The van der Waals surface area contributed by atoms with Crippen molar-refractivity contribution in [2.75, 3.05) is 13.1 Å². The SMILES string of the molecule is CCCCCCCCC(O)CCC(=O)CCNCCC(=O)CCC(O)CCCCCCCC. The molecule has 0 bridgehead atoms. The maximum Gasteiger partial charge on any atom is 0.134 e. The molecule has 0 aliphatic rings. The quantitative estimate of drug-likeness (QED) is 0.130. The number of carbonyl (C=O) groups is 2. The maximum atomic E-state index is 12.0. The number of aliphatic hydroxyl groups excluding tert-OH is 2. The van der Waals surface area contributed by atoms with E-state index in [9.17, 15) is 19.8 Å².